The van der Waals surface area contributed by atoms with Gasteiger partial charge >= 0.3 is 0 Å². The first-order valence-corrected chi connectivity index (χ1v) is 15.8. The summed E-state index contributed by atoms with van der Waals surface area (Å²) >= 11 is 0. The number of benzene rings is 4. The molecule has 46 heavy (non-hydrogen) atoms. The van der Waals surface area contributed by atoms with Crippen molar-refractivity contribution in [3.63, 3.8) is 0 Å². The number of rotatable bonds is 5. The van der Waals surface area contributed by atoms with Crippen LogP contribution in [0.5, 0.6) is 11.6 Å². The van der Waals surface area contributed by atoms with Gasteiger partial charge in [-0.05, 0) is 81.3 Å². The fourth-order valence-electron chi connectivity index (χ4n) is 7.21. The minimum absolute atomic E-state index is 0.0250. The number of fused-ring (bicyclic) bond motifs is 4. The summed E-state index contributed by atoms with van der Waals surface area (Å²) in [6.45, 7) is 7.53. The maximum Gasteiger partial charge on any atom is 0.221 e. The average molecular weight is 601 g/mol. The smallest absolute Gasteiger partial charge is 0.221 e. The van der Waals surface area contributed by atoms with Crippen LogP contribution < -0.4 is 14.5 Å². The third-order valence-corrected chi connectivity index (χ3v) is 9.42. The number of pyridine rings is 2. The van der Waals surface area contributed by atoms with E-state index in [0.29, 0.717) is 5.88 Å². The average Bonchev–Trinajstić information content (AvgIpc) is 3.58. The molecule has 0 spiro atoms. The lowest BCUT2D eigenvalue weighted by atomic mass is 9.69. The summed E-state index contributed by atoms with van der Waals surface area (Å²) in [6, 6.07) is 42.9. The van der Waals surface area contributed by atoms with Crippen LogP contribution in [-0.4, -0.2) is 23.7 Å². The highest BCUT2D eigenvalue weighted by molar-refractivity contribution is 5.86. The SMILES string of the molecule is CN1CN(c2ccnc(Oc3cccc(C4(c5cc(C(C)(C)C)ccn5)c5ccccc5-c5ccccc54)c3)c2)c2ccccc21. The van der Waals surface area contributed by atoms with E-state index in [0.717, 1.165) is 29.4 Å². The lowest BCUT2D eigenvalue weighted by Gasteiger charge is -2.34. The van der Waals surface area contributed by atoms with Crippen LogP contribution >= 0.6 is 0 Å². The molecule has 1 aliphatic heterocycles. The summed E-state index contributed by atoms with van der Waals surface area (Å²) in [5.41, 5.74) is 11.1. The number of hydrogen-bond donors (Lipinski definition) is 0. The van der Waals surface area contributed by atoms with E-state index >= 15 is 0 Å². The van der Waals surface area contributed by atoms with Crippen LogP contribution in [0.1, 0.15) is 48.7 Å². The fourth-order valence-corrected chi connectivity index (χ4v) is 7.21. The Morgan fingerprint density at radius 1 is 0.674 bits per heavy atom. The van der Waals surface area contributed by atoms with Crippen molar-refractivity contribution in [2.75, 3.05) is 23.5 Å². The summed E-state index contributed by atoms with van der Waals surface area (Å²) in [7, 11) is 2.12. The zero-order valence-electron chi connectivity index (χ0n) is 26.6. The summed E-state index contributed by atoms with van der Waals surface area (Å²) < 4.78 is 6.56. The van der Waals surface area contributed by atoms with Gasteiger partial charge in [0, 0.05) is 31.2 Å². The highest BCUT2D eigenvalue weighted by Gasteiger charge is 2.47. The Hall–Kier alpha value is -5.42. The highest BCUT2D eigenvalue weighted by Crippen LogP contribution is 2.56. The predicted octanol–water partition coefficient (Wildman–Crippen LogP) is 9.47. The van der Waals surface area contributed by atoms with Crippen LogP contribution in [-0.2, 0) is 10.8 Å². The van der Waals surface area contributed by atoms with Crippen LogP contribution in [0.25, 0.3) is 11.1 Å². The number of para-hydroxylation sites is 2. The molecule has 0 saturated carbocycles. The molecule has 0 atom stereocenters. The van der Waals surface area contributed by atoms with Crippen molar-refractivity contribution in [3.8, 4) is 22.8 Å². The fraction of sp³-hybridized carbons (Fsp3) is 0.171. The van der Waals surface area contributed by atoms with Crippen molar-refractivity contribution in [2.45, 2.75) is 31.6 Å². The number of nitrogens with zero attached hydrogens (tertiary/aromatic N) is 4. The summed E-state index contributed by atoms with van der Waals surface area (Å²) in [4.78, 5) is 14.3. The first-order valence-electron chi connectivity index (χ1n) is 15.8. The van der Waals surface area contributed by atoms with Gasteiger partial charge in [-0.3, -0.25) is 4.98 Å². The molecule has 0 N–H and O–H groups in total. The number of ether oxygens (including phenoxy) is 1. The van der Waals surface area contributed by atoms with Crippen LogP contribution in [0.2, 0.25) is 0 Å². The zero-order chi connectivity index (χ0) is 31.5. The van der Waals surface area contributed by atoms with Gasteiger partial charge in [0.2, 0.25) is 5.88 Å². The highest BCUT2D eigenvalue weighted by atomic mass is 16.5. The Morgan fingerprint density at radius 3 is 2.09 bits per heavy atom. The monoisotopic (exact) mass is 600 g/mol. The summed E-state index contributed by atoms with van der Waals surface area (Å²) in [5.74, 6) is 1.28. The van der Waals surface area contributed by atoms with Gasteiger partial charge in [-0.2, -0.15) is 0 Å². The molecule has 2 aromatic heterocycles. The van der Waals surface area contributed by atoms with Crippen LogP contribution in [0.3, 0.4) is 0 Å². The van der Waals surface area contributed by atoms with Gasteiger partial charge in [0.05, 0.1) is 29.2 Å². The largest absolute Gasteiger partial charge is 0.439 e. The van der Waals surface area contributed by atoms with Crippen molar-refractivity contribution >= 4 is 17.1 Å². The lowest BCUT2D eigenvalue weighted by Crippen LogP contribution is -2.30. The third kappa shape index (κ3) is 4.38. The van der Waals surface area contributed by atoms with Gasteiger partial charge in [-0.15, -0.1) is 0 Å². The molecule has 3 heterocycles. The number of anilines is 3. The van der Waals surface area contributed by atoms with Crippen molar-refractivity contribution < 1.29 is 4.74 Å². The Balaban J connectivity index is 1.25. The Morgan fingerprint density at radius 2 is 1.35 bits per heavy atom. The molecule has 4 aromatic carbocycles. The Kier molecular flexibility index (Phi) is 6.47. The summed E-state index contributed by atoms with van der Waals surface area (Å²) in [6.07, 6.45) is 3.78. The van der Waals surface area contributed by atoms with E-state index in [2.05, 4.69) is 146 Å². The summed E-state index contributed by atoms with van der Waals surface area (Å²) in [5, 5.41) is 0. The normalized spacial score (nSPS) is 14.5. The molecule has 0 fully saturated rings. The van der Waals surface area contributed by atoms with Crippen LogP contribution in [0.4, 0.5) is 17.1 Å². The maximum atomic E-state index is 6.56. The molecule has 5 heteroatoms. The molecular formula is C41H36N4O. The van der Waals surface area contributed by atoms with Crippen LogP contribution in [0.15, 0.2) is 134 Å². The molecule has 226 valence electrons. The van der Waals surface area contributed by atoms with E-state index < -0.39 is 5.41 Å². The molecule has 0 amide bonds. The van der Waals surface area contributed by atoms with E-state index in [1.54, 1.807) is 0 Å². The van der Waals surface area contributed by atoms with E-state index in [9.17, 15) is 0 Å². The molecule has 0 radical (unpaired) electrons. The topological polar surface area (TPSA) is 41.5 Å². The van der Waals surface area contributed by atoms with Crippen molar-refractivity contribution in [3.05, 3.63) is 162 Å². The van der Waals surface area contributed by atoms with Crippen molar-refractivity contribution in [1.82, 2.24) is 9.97 Å². The van der Waals surface area contributed by atoms with Gasteiger partial charge in [0.15, 0.2) is 0 Å². The first-order chi connectivity index (χ1) is 22.3. The first kappa shape index (κ1) is 28.1. The minimum atomic E-state index is -0.618. The zero-order valence-corrected chi connectivity index (χ0v) is 26.6. The lowest BCUT2D eigenvalue weighted by molar-refractivity contribution is 0.461. The van der Waals surface area contributed by atoms with E-state index in [4.69, 9.17) is 9.72 Å². The van der Waals surface area contributed by atoms with Gasteiger partial charge < -0.3 is 14.5 Å². The standard InChI is InChI=1S/C41H36N4O/c1-40(2,3)28-20-22-42-38(25-28)41(34-16-7-5-14-32(34)33-15-6-8-17-35(33)41)29-12-11-13-31(24-29)46-39-26-30(21-23-43-39)45-27-44(4)36-18-9-10-19-37(36)45/h5-26H,27H2,1-4H3. The Bertz CT molecular complexity index is 2050. The van der Waals surface area contributed by atoms with Crippen molar-refractivity contribution in [1.29, 1.82) is 0 Å². The minimum Gasteiger partial charge on any atom is -0.439 e. The molecule has 0 bridgehead atoms. The van der Waals surface area contributed by atoms with Gasteiger partial charge in [0.25, 0.3) is 0 Å². The van der Waals surface area contributed by atoms with E-state index in [1.807, 2.05) is 30.6 Å². The molecule has 0 saturated heterocycles. The molecule has 5 nitrogen and oxygen atoms in total. The molecule has 2 aliphatic rings. The second-order valence-corrected chi connectivity index (χ2v) is 13.3. The molecule has 1 aliphatic carbocycles. The van der Waals surface area contributed by atoms with E-state index in [-0.39, 0.29) is 5.41 Å². The second-order valence-electron chi connectivity index (χ2n) is 13.3. The molecule has 6 aromatic rings. The predicted molar refractivity (Wildman–Crippen MR) is 186 cm³/mol. The molecular weight excluding hydrogens is 564 g/mol. The van der Waals surface area contributed by atoms with Gasteiger partial charge in [0.1, 0.15) is 5.75 Å². The third-order valence-electron chi connectivity index (χ3n) is 9.42. The quantitative estimate of drug-likeness (QED) is 0.197. The van der Waals surface area contributed by atoms with E-state index in [1.165, 1.54) is 39.2 Å². The van der Waals surface area contributed by atoms with Gasteiger partial charge in [-0.25, -0.2) is 4.98 Å². The van der Waals surface area contributed by atoms with Gasteiger partial charge in [-0.1, -0.05) is 93.6 Å². The molecule has 0 unspecified atom stereocenters. The maximum absolute atomic E-state index is 6.56. The molecule has 8 rings (SSSR count). The number of aromatic nitrogens is 2. The Labute approximate surface area is 270 Å². The van der Waals surface area contributed by atoms with Crippen molar-refractivity contribution in [2.24, 2.45) is 0 Å². The number of hydrogen-bond acceptors (Lipinski definition) is 5. The van der Waals surface area contributed by atoms with Crippen LogP contribution in [0, 0.1) is 0 Å². The second kappa shape index (κ2) is 10.6.